The van der Waals surface area contributed by atoms with Crippen LogP contribution in [0.5, 0.6) is 0 Å². The summed E-state index contributed by atoms with van der Waals surface area (Å²) in [5, 5.41) is 10.9. The summed E-state index contributed by atoms with van der Waals surface area (Å²) >= 11 is 3.69. The Morgan fingerprint density at radius 1 is 1.22 bits per heavy atom. The average Bonchev–Trinajstić information content (AvgIpc) is 2.80. The molecule has 0 amide bonds. The van der Waals surface area contributed by atoms with Gasteiger partial charge >= 0.3 is 0 Å². The van der Waals surface area contributed by atoms with Gasteiger partial charge in [-0.25, -0.2) is 0 Å². The van der Waals surface area contributed by atoms with Crippen LogP contribution in [-0.2, 0) is 4.74 Å². The fraction of sp³-hybridized carbons (Fsp3) is 1.00. The zero-order chi connectivity index (χ0) is 13.6. The zero-order valence-electron chi connectivity index (χ0n) is 12.1. The minimum atomic E-state index is -0.738. The molecular formula is C15H25BrO2. The van der Waals surface area contributed by atoms with Crippen LogP contribution in [0.4, 0.5) is 0 Å². The zero-order valence-corrected chi connectivity index (χ0v) is 13.7. The lowest BCUT2D eigenvalue weighted by atomic mass is 9.59. The van der Waals surface area contributed by atoms with Gasteiger partial charge in [0.1, 0.15) is 16.8 Å². The Kier molecular flexibility index (Phi) is 2.49. The third kappa shape index (κ3) is 1.31. The molecule has 3 fully saturated rings. The largest absolute Gasteiger partial charge is 0.386 e. The van der Waals surface area contributed by atoms with Crippen molar-refractivity contribution in [2.24, 2.45) is 17.3 Å². The summed E-state index contributed by atoms with van der Waals surface area (Å²) in [6.45, 7) is 11.2. The highest BCUT2D eigenvalue weighted by Gasteiger charge is 2.87. The van der Waals surface area contributed by atoms with Crippen molar-refractivity contribution in [1.29, 1.82) is 0 Å². The van der Waals surface area contributed by atoms with Gasteiger partial charge in [-0.1, -0.05) is 43.6 Å². The predicted molar refractivity (Wildman–Crippen MR) is 75.8 cm³/mol. The molecule has 104 valence electrons. The first-order valence-corrected chi connectivity index (χ1v) is 8.06. The summed E-state index contributed by atoms with van der Waals surface area (Å²) in [4.78, 5) is 0.161. The van der Waals surface area contributed by atoms with Gasteiger partial charge in [-0.3, -0.25) is 0 Å². The highest BCUT2D eigenvalue weighted by molar-refractivity contribution is 9.09. The second-order valence-electron chi connectivity index (χ2n) is 8.03. The molecule has 1 N–H and O–H groups in total. The van der Waals surface area contributed by atoms with E-state index in [9.17, 15) is 5.11 Å². The van der Waals surface area contributed by atoms with Crippen LogP contribution >= 0.6 is 15.9 Å². The third-order valence-electron chi connectivity index (χ3n) is 5.81. The molecule has 2 saturated carbocycles. The standard InChI is InChI=1S/C15H25BrO2/c1-9(2)10-6-12(3,4)8-15-13(5,17)11(16)7-14(10,15)18-15/h9-11,17H,6-8H2,1-5H3/t10-,11+,13-,14-,15-/m1/s1. The maximum absolute atomic E-state index is 10.9. The van der Waals surface area contributed by atoms with Gasteiger partial charge < -0.3 is 9.84 Å². The molecule has 1 heterocycles. The molecule has 0 spiro atoms. The molecule has 2 nitrogen and oxygen atoms in total. The van der Waals surface area contributed by atoms with Crippen LogP contribution in [0.2, 0.25) is 0 Å². The van der Waals surface area contributed by atoms with E-state index in [0.717, 1.165) is 12.8 Å². The topological polar surface area (TPSA) is 32.8 Å². The second-order valence-corrected chi connectivity index (χ2v) is 9.14. The van der Waals surface area contributed by atoms with Gasteiger partial charge in [0, 0.05) is 4.83 Å². The third-order valence-corrected chi connectivity index (χ3v) is 7.03. The van der Waals surface area contributed by atoms with E-state index in [2.05, 4.69) is 43.6 Å². The molecule has 5 atom stereocenters. The molecule has 3 heteroatoms. The van der Waals surface area contributed by atoms with Crippen molar-refractivity contribution in [3.63, 3.8) is 0 Å². The highest BCUT2D eigenvalue weighted by atomic mass is 79.9. The van der Waals surface area contributed by atoms with Gasteiger partial charge in [0.2, 0.25) is 0 Å². The molecule has 0 aromatic carbocycles. The van der Waals surface area contributed by atoms with E-state index < -0.39 is 5.60 Å². The monoisotopic (exact) mass is 316 g/mol. The van der Waals surface area contributed by atoms with Crippen LogP contribution < -0.4 is 0 Å². The van der Waals surface area contributed by atoms with Crippen molar-refractivity contribution in [2.75, 3.05) is 0 Å². The van der Waals surface area contributed by atoms with E-state index >= 15 is 0 Å². The fourth-order valence-electron chi connectivity index (χ4n) is 4.91. The predicted octanol–water partition coefficient (Wildman–Crippen LogP) is 3.50. The Morgan fingerprint density at radius 3 is 2.39 bits per heavy atom. The van der Waals surface area contributed by atoms with Crippen LogP contribution in [0.3, 0.4) is 0 Å². The number of hydrogen-bond acceptors (Lipinski definition) is 2. The Hall–Kier alpha value is 0.400. The Morgan fingerprint density at radius 2 is 1.83 bits per heavy atom. The smallest absolute Gasteiger partial charge is 0.128 e. The average molecular weight is 317 g/mol. The molecule has 0 radical (unpaired) electrons. The Balaban J connectivity index is 2.06. The molecule has 2 aliphatic carbocycles. The molecule has 1 saturated heterocycles. The summed E-state index contributed by atoms with van der Waals surface area (Å²) in [6.07, 6.45) is 3.15. The molecule has 1 aliphatic heterocycles. The number of hydrogen-bond donors (Lipinski definition) is 1. The Bertz CT molecular complexity index is 390. The van der Waals surface area contributed by atoms with E-state index in [0.29, 0.717) is 11.8 Å². The van der Waals surface area contributed by atoms with Crippen LogP contribution in [0.25, 0.3) is 0 Å². The number of epoxide rings is 1. The number of alkyl halides is 1. The summed E-state index contributed by atoms with van der Waals surface area (Å²) in [5.41, 5.74) is -0.840. The summed E-state index contributed by atoms with van der Waals surface area (Å²) < 4.78 is 6.30. The van der Waals surface area contributed by atoms with E-state index in [1.165, 1.54) is 6.42 Å². The normalized spacial score (nSPS) is 57.3. The summed E-state index contributed by atoms with van der Waals surface area (Å²) in [5.74, 6) is 1.18. The van der Waals surface area contributed by atoms with Crippen molar-refractivity contribution in [2.45, 2.75) is 75.5 Å². The molecule has 0 bridgehead atoms. The molecule has 0 unspecified atom stereocenters. The van der Waals surface area contributed by atoms with Crippen molar-refractivity contribution in [1.82, 2.24) is 0 Å². The van der Waals surface area contributed by atoms with Crippen LogP contribution in [0.15, 0.2) is 0 Å². The second kappa shape index (κ2) is 3.35. The molecule has 0 aromatic rings. The lowest BCUT2D eigenvalue weighted by Gasteiger charge is -2.43. The fourth-order valence-corrected chi connectivity index (χ4v) is 5.76. The van der Waals surface area contributed by atoms with Gasteiger partial charge in [-0.15, -0.1) is 0 Å². The quantitative estimate of drug-likeness (QED) is 0.593. The highest BCUT2D eigenvalue weighted by Crippen LogP contribution is 2.76. The van der Waals surface area contributed by atoms with Gasteiger partial charge in [-0.2, -0.15) is 0 Å². The SMILES string of the molecule is CC(C)[C@H]1CC(C)(C)C[C@]23O[C@]12C[C@H](Br)[C@@]3(C)O. The van der Waals surface area contributed by atoms with Crippen molar-refractivity contribution < 1.29 is 9.84 Å². The van der Waals surface area contributed by atoms with Crippen LogP contribution in [-0.4, -0.2) is 26.7 Å². The minimum Gasteiger partial charge on any atom is -0.386 e. The maximum Gasteiger partial charge on any atom is 0.128 e. The molecule has 18 heavy (non-hydrogen) atoms. The summed E-state index contributed by atoms with van der Waals surface area (Å²) in [6, 6.07) is 0. The van der Waals surface area contributed by atoms with Crippen molar-refractivity contribution in [3.05, 3.63) is 0 Å². The van der Waals surface area contributed by atoms with E-state index in [-0.39, 0.29) is 21.4 Å². The lowest BCUT2D eigenvalue weighted by molar-refractivity contribution is -0.0376. The van der Waals surface area contributed by atoms with Gasteiger partial charge in [0.05, 0.1) is 0 Å². The molecule has 3 rings (SSSR count). The van der Waals surface area contributed by atoms with Crippen LogP contribution in [0, 0.1) is 17.3 Å². The van der Waals surface area contributed by atoms with E-state index in [4.69, 9.17) is 4.74 Å². The van der Waals surface area contributed by atoms with Crippen molar-refractivity contribution in [3.8, 4) is 0 Å². The van der Waals surface area contributed by atoms with Gasteiger partial charge in [-0.05, 0) is 43.4 Å². The number of rotatable bonds is 1. The van der Waals surface area contributed by atoms with E-state index in [1.54, 1.807) is 0 Å². The Labute approximate surface area is 119 Å². The van der Waals surface area contributed by atoms with Gasteiger partial charge in [0.15, 0.2) is 0 Å². The maximum atomic E-state index is 10.9. The van der Waals surface area contributed by atoms with E-state index in [1.807, 2.05) is 6.92 Å². The minimum absolute atomic E-state index is 0.0612. The van der Waals surface area contributed by atoms with Gasteiger partial charge in [0.25, 0.3) is 0 Å². The summed E-state index contributed by atoms with van der Waals surface area (Å²) in [7, 11) is 0. The first-order valence-electron chi connectivity index (χ1n) is 7.15. The number of halogens is 1. The van der Waals surface area contributed by atoms with Crippen LogP contribution in [0.1, 0.15) is 53.9 Å². The molecule has 0 aromatic heterocycles. The molecular weight excluding hydrogens is 292 g/mol. The lowest BCUT2D eigenvalue weighted by Crippen LogP contribution is -2.52. The van der Waals surface area contributed by atoms with Crippen molar-refractivity contribution >= 4 is 15.9 Å². The first kappa shape index (κ1) is 13.4. The first-order chi connectivity index (χ1) is 8.08. The molecule has 3 aliphatic rings. The number of ether oxygens (including phenoxy) is 1. The number of aliphatic hydroxyl groups is 1.